The lowest BCUT2D eigenvalue weighted by Crippen LogP contribution is -2.25. The average molecular weight is 277 g/mol. The van der Waals surface area contributed by atoms with Crippen LogP contribution in [0.1, 0.15) is 21.1 Å². The molecule has 2 heterocycles. The molecule has 6 nitrogen and oxygen atoms in total. The highest BCUT2D eigenvalue weighted by atomic mass is 32.1. The van der Waals surface area contributed by atoms with E-state index in [1.807, 2.05) is 12.3 Å². The van der Waals surface area contributed by atoms with Crippen LogP contribution in [-0.2, 0) is 6.42 Å². The van der Waals surface area contributed by atoms with Crippen LogP contribution in [-0.4, -0.2) is 22.4 Å². The fraction of sp³-hybridized carbons (Fsp3) is 0.250. The first-order valence-electron chi connectivity index (χ1n) is 5.81. The second kappa shape index (κ2) is 6.26. The summed E-state index contributed by atoms with van der Waals surface area (Å²) >= 11 is 1.61. The Bertz CT molecular complexity index is 552. The molecule has 0 saturated heterocycles. The van der Waals surface area contributed by atoms with Crippen LogP contribution in [0.15, 0.2) is 23.7 Å². The van der Waals surface area contributed by atoms with Crippen LogP contribution in [0.4, 0.5) is 5.82 Å². The number of hydrazine groups is 1. The van der Waals surface area contributed by atoms with Gasteiger partial charge in [-0.3, -0.25) is 4.79 Å². The number of thiazole rings is 1. The number of nitrogens with one attached hydrogen (secondary N) is 2. The Labute approximate surface area is 115 Å². The van der Waals surface area contributed by atoms with Gasteiger partial charge in [-0.05, 0) is 19.1 Å². The van der Waals surface area contributed by atoms with E-state index < -0.39 is 0 Å². The summed E-state index contributed by atoms with van der Waals surface area (Å²) in [6.07, 6.45) is 2.22. The van der Waals surface area contributed by atoms with E-state index >= 15 is 0 Å². The molecule has 7 heteroatoms. The van der Waals surface area contributed by atoms with Crippen LogP contribution in [0.5, 0.6) is 0 Å². The van der Waals surface area contributed by atoms with Gasteiger partial charge < -0.3 is 10.7 Å². The Kier molecular flexibility index (Phi) is 4.43. The number of anilines is 1. The van der Waals surface area contributed by atoms with Crippen LogP contribution >= 0.6 is 11.3 Å². The van der Waals surface area contributed by atoms with Gasteiger partial charge in [0.2, 0.25) is 0 Å². The molecule has 0 aliphatic rings. The van der Waals surface area contributed by atoms with Gasteiger partial charge in [0.1, 0.15) is 5.82 Å². The molecule has 2 aromatic heterocycles. The standard InChI is InChI=1S/C12H15N5OS/c1-8-7-19-11(16-8)4-5-14-12(18)9-2-3-10(17-13)15-6-9/h2-3,6-7H,4-5,13H2,1H3,(H,14,18)(H,15,17). The predicted molar refractivity (Wildman–Crippen MR) is 74.9 cm³/mol. The van der Waals surface area contributed by atoms with Crippen molar-refractivity contribution in [1.29, 1.82) is 0 Å². The Morgan fingerprint density at radius 1 is 1.47 bits per heavy atom. The number of pyridine rings is 1. The molecule has 4 N–H and O–H groups in total. The van der Waals surface area contributed by atoms with Crippen molar-refractivity contribution >= 4 is 23.1 Å². The lowest BCUT2D eigenvalue weighted by atomic mass is 10.2. The van der Waals surface area contributed by atoms with Gasteiger partial charge in [0.05, 0.1) is 10.6 Å². The van der Waals surface area contributed by atoms with Gasteiger partial charge in [0.15, 0.2) is 0 Å². The topological polar surface area (TPSA) is 92.9 Å². The number of nitrogen functional groups attached to an aromatic ring is 1. The third kappa shape index (κ3) is 3.73. The summed E-state index contributed by atoms with van der Waals surface area (Å²) in [5, 5.41) is 5.86. The first kappa shape index (κ1) is 13.4. The lowest BCUT2D eigenvalue weighted by Gasteiger charge is -2.04. The van der Waals surface area contributed by atoms with Gasteiger partial charge in [-0.2, -0.15) is 0 Å². The van der Waals surface area contributed by atoms with E-state index in [2.05, 4.69) is 20.7 Å². The number of nitrogens with two attached hydrogens (primary N) is 1. The average Bonchev–Trinajstić information content (AvgIpc) is 2.84. The molecule has 0 saturated carbocycles. The maximum absolute atomic E-state index is 11.8. The van der Waals surface area contributed by atoms with Crippen molar-refractivity contribution in [3.63, 3.8) is 0 Å². The molecular weight excluding hydrogens is 262 g/mol. The molecule has 19 heavy (non-hydrogen) atoms. The molecule has 0 unspecified atom stereocenters. The van der Waals surface area contributed by atoms with Crippen LogP contribution in [0.25, 0.3) is 0 Å². The maximum atomic E-state index is 11.8. The number of amides is 1. The highest BCUT2D eigenvalue weighted by Crippen LogP contribution is 2.08. The zero-order valence-electron chi connectivity index (χ0n) is 10.5. The number of carbonyl (C=O) groups is 1. The summed E-state index contributed by atoms with van der Waals surface area (Å²) in [5.74, 6) is 5.58. The van der Waals surface area contributed by atoms with E-state index in [-0.39, 0.29) is 5.91 Å². The van der Waals surface area contributed by atoms with E-state index in [4.69, 9.17) is 5.84 Å². The van der Waals surface area contributed by atoms with Crippen molar-refractivity contribution in [2.45, 2.75) is 13.3 Å². The monoisotopic (exact) mass is 277 g/mol. The molecule has 0 aliphatic carbocycles. The van der Waals surface area contributed by atoms with Crippen molar-refractivity contribution in [2.75, 3.05) is 12.0 Å². The van der Waals surface area contributed by atoms with Crippen molar-refractivity contribution in [3.05, 3.63) is 40.0 Å². The molecule has 0 aromatic carbocycles. The number of aromatic nitrogens is 2. The number of carbonyl (C=O) groups excluding carboxylic acids is 1. The van der Waals surface area contributed by atoms with Crippen LogP contribution in [0.3, 0.4) is 0 Å². The van der Waals surface area contributed by atoms with E-state index in [0.717, 1.165) is 17.1 Å². The Hall–Kier alpha value is -1.99. The van der Waals surface area contributed by atoms with Gasteiger partial charge >= 0.3 is 0 Å². The zero-order valence-corrected chi connectivity index (χ0v) is 11.3. The van der Waals surface area contributed by atoms with Crippen molar-refractivity contribution in [2.24, 2.45) is 5.84 Å². The lowest BCUT2D eigenvalue weighted by molar-refractivity contribution is 0.0954. The van der Waals surface area contributed by atoms with Crippen molar-refractivity contribution < 1.29 is 4.79 Å². The predicted octanol–water partition coefficient (Wildman–Crippen LogP) is 1.10. The van der Waals surface area contributed by atoms with Gasteiger partial charge in [-0.1, -0.05) is 0 Å². The Morgan fingerprint density at radius 2 is 2.32 bits per heavy atom. The minimum absolute atomic E-state index is 0.149. The quantitative estimate of drug-likeness (QED) is 0.562. The summed E-state index contributed by atoms with van der Waals surface area (Å²) in [6, 6.07) is 3.32. The van der Waals surface area contributed by atoms with Crippen molar-refractivity contribution in [1.82, 2.24) is 15.3 Å². The number of aryl methyl sites for hydroxylation is 1. The number of hydrogen-bond donors (Lipinski definition) is 3. The molecule has 2 rings (SSSR count). The summed E-state index contributed by atoms with van der Waals surface area (Å²) in [5.41, 5.74) is 3.93. The number of hydrogen-bond acceptors (Lipinski definition) is 6. The summed E-state index contributed by atoms with van der Waals surface area (Å²) in [4.78, 5) is 20.1. The fourth-order valence-electron chi connectivity index (χ4n) is 1.52. The zero-order chi connectivity index (χ0) is 13.7. The van der Waals surface area contributed by atoms with Crippen molar-refractivity contribution in [3.8, 4) is 0 Å². The molecule has 0 radical (unpaired) electrons. The molecule has 1 amide bonds. The molecule has 0 atom stereocenters. The molecule has 2 aromatic rings. The van der Waals surface area contributed by atoms with Gasteiger partial charge in [-0.25, -0.2) is 15.8 Å². The third-order valence-corrected chi connectivity index (χ3v) is 3.49. The summed E-state index contributed by atoms with van der Waals surface area (Å²) in [6.45, 7) is 2.51. The highest BCUT2D eigenvalue weighted by Gasteiger charge is 2.06. The van der Waals surface area contributed by atoms with Gasteiger partial charge in [0, 0.05) is 30.2 Å². The number of nitrogens with zero attached hydrogens (tertiary/aromatic N) is 2. The SMILES string of the molecule is Cc1csc(CCNC(=O)c2ccc(NN)nc2)n1. The van der Waals surface area contributed by atoms with Gasteiger partial charge in [-0.15, -0.1) is 11.3 Å². The first-order chi connectivity index (χ1) is 9.19. The molecule has 100 valence electrons. The first-order valence-corrected chi connectivity index (χ1v) is 6.69. The molecule has 0 spiro atoms. The second-order valence-corrected chi connectivity index (χ2v) is 4.91. The van der Waals surface area contributed by atoms with E-state index in [1.54, 1.807) is 23.5 Å². The summed E-state index contributed by atoms with van der Waals surface area (Å²) in [7, 11) is 0. The normalized spacial score (nSPS) is 10.2. The molecular formula is C12H15N5OS. The highest BCUT2D eigenvalue weighted by molar-refractivity contribution is 7.09. The Morgan fingerprint density at radius 3 is 2.89 bits per heavy atom. The van der Waals surface area contributed by atoms with Crippen LogP contribution in [0, 0.1) is 6.92 Å². The molecule has 0 fully saturated rings. The smallest absolute Gasteiger partial charge is 0.252 e. The molecule has 0 aliphatic heterocycles. The largest absolute Gasteiger partial charge is 0.352 e. The maximum Gasteiger partial charge on any atom is 0.252 e. The van der Waals surface area contributed by atoms with Gasteiger partial charge in [0.25, 0.3) is 5.91 Å². The fourth-order valence-corrected chi connectivity index (χ4v) is 2.29. The summed E-state index contributed by atoms with van der Waals surface area (Å²) < 4.78 is 0. The molecule has 0 bridgehead atoms. The van der Waals surface area contributed by atoms with E-state index in [1.165, 1.54) is 6.20 Å². The van der Waals surface area contributed by atoms with Crippen LogP contribution < -0.4 is 16.6 Å². The van der Waals surface area contributed by atoms with E-state index in [9.17, 15) is 4.79 Å². The third-order valence-electron chi connectivity index (χ3n) is 2.46. The minimum atomic E-state index is -0.149. The Balaban J connectivity index is 1.83. The van der Waals surface area contributed by atoms with Crippen LogP contribution in [0.2, 0.25) is 0 Å². The number of rotatable bonds is 5. The minimum Gasteiger partial charge on any atom is -0.352 e. The van der Waals surface area contributed by atoms with E-state index in [0.29, 0.717) is 17.9 Å². The second-order valence-electron chi connectivity index (χ2n) is 3.96.